The van der Waals surface area contributed by atoms with Crippen LogP contribution in [0, 0.1) is 20.8 Å². The Morgan fingerprint density at radius 2 is 1.76 bits per heavy atom. The number of thiophene rings is 1. The molecular formula is C15H19NS. The third-order valence-electron chi connectivity index (χ3n) is 3.00. The predicted molar refractivity (Wildman–Crippen MR) is 75.5 cm³/mol. The van der Waals surface area contributed by atoms with Crippen LogP contribution in [0.15, 0.2) is 30.3 Å². The predicted octanol–water partition coefficient (Wildman–Crippen LogP) is 3.96. The molecule has 1 nitrogen and oxygen atoms in total. The number of rotatable bonds is 4. The van der Waals surface area contributed by atoms with Crippen LogP contribution in [0.3, 0.4) is 0 Å². The summed E-state index contributed by atoms with van der Waals surface area (Å²) in [6, 6.07) is 11.0. The summed E-state index contributed by atoms with van der Waals surface area (Å²) in [6.45, 7) is 8.38. The van der Waals surface area contributed by atoms with Crippen molar-refractivity contribution in [2.24, 2.45) is 0 Å². The second-order valence-corrected chi connectivity index (χ2v) is 5.91. The van der Waals surface area contributed by atoms with Gasteiger partial charge in [-0.15, -0.1) is 11.3 Å². The average molecular weight is 245 g/mol. The van der Waals surface area contributed by atoms with Crippen molar-refractivity contribution < 1.29 is 0 Å². The monoisotopic (exact) mass is 245 g/mol. The highest BCUT2D eigenvalue weighted by atomic mass is 32.1. The zero-order chi connectivity index (χ0) is 12.3. The summed E-state index contributed by atoms with van der Waals surface area (Å²) in [5.41, 5.74) is 4.10. The van der Waals surface area contributed by atoms with Crippen LogP contribution in [-0.2, 0) is 13.1 Å². The summed E-state index contributed by atoms with van der Waals surface area (Å²) in [4.78, 5) is 2.79. The summed E-state index contributed by atoms with van der Waals surface area (Å²) >= 11 is 1.87. The number of benzene rings is 1. The van der Waals surface area contributed by atoms with Gasteiger partial charge in [0.1, 0.15) is 0 Å². The molecule has 1 heterocycles. The first-order chi connectivity index (χ1) is 8.15. The Kier molecular flexibility index (Phi) is 3.97. The molecule has 0 fully saturated rings. The van der Waals surface area contributed by atoms with Crippen molar-refractivity contribution >= 4 is 11.3 Å². The van der Waals surface area contributed by atoms with Gasteiger partial charge < -0.3 is 5.32 Å². The van der Waals surface area contributed by atoms with Crippen LogP contribution in [0.1, 0.15) is 26.4 Å². The molecule has 0 aliphatic carbocycles. The van der Waals surface area contributed by atoms with Gasteiger partial charge in [0.05, 0.1) is 0 Å². The van der Waals surface area contributed by atoms with Gasteiger partial charge in [-0.05, 0) is 49.6 Å². The third kappa shape index (κ3) is 3.42. The van der Waals surface area contributed by atoms with Crippen LogP contribution >= 0.6 is 11.3 Å². The maximum atomic E-state index is 3.49. The molecule has 0 atom stereocenters. The first-order valence-electron chi connectivity index (χ1n) is 5.97. The van der Waals surface area contributed by atoms with E-state index >= 15 is 0 Å². The molecule has 0 amide bonds. The van der Waals surface area contributed by atoms with E-state index in [0.29, 0.717) is 0 Å². The van der Waals surface area contributed by atoms with Crippen molar-refractivity contribution in [1.82, 2.24) is 5.32 Å². The maximum Gasteiger partial charge on any atom is 0.0303 e. The Bertz CT molecular complexity index is 499. The van der Waals surface area contributed by atoms with Gasteiger partial charge in [-0.3, -0.25) is 0 Å². The van der Waals surface area contributed by atoms with Crippen LogP contribution < -0.4 is 5.32 Å². The fourth-order valence-corrected chi connectivity index (χ4v) is 2.68. The van der Waals surface area contributed by atoms with Crippen LogP contribution in [0.5, 0.6) is 0 Å². The topological polar surface area (TPSA) is 12.0 Å². The van der Waals surface area contributed by atoms with Gasteiger partial charge in [0.25, 0.3) is 0 Å². The van der Waals surface area contributed by atoms with E-state index < -0.39 is 0 Å². The zero-order valence-electron chi connectivity index (χ0n) is 10.7. The minimum absolute atomic E-state index is 0.943. The van der Waals surface area contributed by atoms with Gasteiger partial charge in [0, 0.05) is 22.8 Å². The van der Waals surface area contributed by atoms with E-state index in [-0.39, 0.29) is 0 Å². The third-order valence-corrected chi connectivity index (χ3v) is 4.00. The van der Waals surface area contributed by atoms with Crippen molar-refractivity contribution in [2.45, 2.75) is 33.9 Å². The molecule has 1 aromatic carbocycles. The number of nitrogens with one attached hydrogen (secondary N) is 1. The van der Waals surface area contributed by atoms with E-state index in [2.05, 4.69) is 56.4 Å². The molecule has 17 heavy (non-hydrogen) atoms. The molecule has 2 rings (SSSR count). The largest absolute Gasteiger partial charge is 0.308 e. The van der Waals surface area contributed by atoms with Crippen molar-refractivity contribution in [3.8, 4) is 0 Å². The minimum atomic E-state index is 0.943. The van der Waals surface area contributed by atoms with Crippen molar-refractivity contribution in [3.05, 3.63) is 56.8 Å². The molecule has 0 saturated heterocycles. The van der Waals surface area contributed by atoms with E-state index in [4.69, 9.17) is 0 Å². The molecule has 0 spiro atoms. The van der Waals surface area contributed by atoms with Crippen LogP contribution in [0.4, 0.5) is 0 Å². The van der Waals surface area contributed by atoms with Crippen molar-refractivity contribution in [1.29, 1.82) is 0 Å². The molecule has 90 valence electrons. The van der Waals surface area contributed by atoms with Crippen LogP contribution in [0.2, 0.25) is 0 Å². The Labute approximate surface area is 108 Å². The molecule has 0 aliphatic heterocycles. The van der Waals surface area contributed by atoms with Gasteiger partial charge in [-0.2, -0.15) is 0 Å². The molecule has 0 radical (unpaired) electrons. The van der Waals surface area contributed by atoms with Crippen molar-refractivity contribution in [3.63, 3.8) is 0 Å². The maximum absolute atomic E-state index is 3.49. The van der Waals surface area contributed by atoms with Gasteiger partial charge in [0.15, 0.2) is 0 Å². The Balaban J connectivity index is 1.87. The molecule has 0 bridgehead atoms. The van der Waals surface area contributed by atoms with E-state index in [9.17, 15) is 0 Å². The summed E-state index contributed by atoms with van der Waals surface area (Å²) in [5.74, 6) is 0. The summed E-state index contributed by atoms with van der Waals surface area (Å²) in [6.07, 6.45) is 0. The molecule has 1 aromatic heterocycles. The molecule has 0 saturated carbocycles. The first-order valence-corrected chi connectivity index (χ1v) is 6.79. The summed E-state index contributed by atoms with van der Waals surface area (Å²) in [5, 5.41) is 3.49. The standard InChI is InChI=1S/C15H19NS/c1-11-4-6-14(8-12(11)2)9-16-10-15-7-5-13(3)17-15/h4-8,16H,9-10H2,1-3H3. The highest BCUT2D eigenvalue weighted by molar-refractivity contribution is 7.11. The number of hydrogen-bond donors (Lipinski definition) is 1. The highest BCUT2D eigenvalue weighted by Crippen LogP contribution is 2.15. The second kappa shape index (κ2) is 5.48. The number of aryl methyl sites for hydroxylation is 3. The van der Waals surface area contributed by atoms with Crippen LogP contribution in [-0.4, -0.2) is 0 Å². The van der Waals surface area contributed by atoms with Gasteiger partial charge in [-0.1, -0.05) is 18.2 Å². The van der Waals surface area contributed by atoms with Gasteiger partial charge in [-0.25, -0.2) is 0 Å². The zero-order valence-corrected chi connectivity index (χ0v) is 11.5. The first kappa shape index (κ1) is 12.3. The van der Waals surface area contributed by atoms with Crippen LogP contribution in [0.25, 0.3) is 0 Å². The molecule has 0 unspecified atom stereocenters. The fourth-order valence-electron chi connectivity index (χ4n) is 1.82. The Morgan fingerprint density at radius 3 is 2.41 bits per heavy atom. The smallest absolute Gasteiger partial charge is 0.0303 e. The number of hydrogen-bond acceptors (Lipinski definition) is 2. The highest BCUT2D eigenvalue weighted by Gasteiger charge is 1.98. The lowest BCUT2D eigenvalue weighted by molar-refractivity contribution is 0.700. The van der Waals surface area contributed by atoms with Crippen molar-refractivity contribution in [2.75, 3.05) is 0 Å². The molecular weight excluding hydrogens is 226 g/mol. The normalized spacial score (nSPS) is 10.8. The lowest BCUT2D eigenvalue weighted by Crippen LogP contribution is -2.11. The molecule has 0 aliphatic rings. The lowest BCUT2D eigenvalue weighted by atomic mass is 10.1. The van der Waals surface area contributed by atoms with E-state index in [1.165, 1.54) is 26.4 Å². The molecule has 2 heteroatoms. The second-order valence-electron chi connectivity index (χ2n) is 4.53. The SMILES string of the molecule is Cc1ccc(CNCc2ccc(C)c(C)c2)s1. The fraction of sp³-hybridized carbons (Fsp3) is 0.333. The van der Waals surface area contributed by atoms with E-state index in [1.54, 1.807) is 0 Å². The molecule has 1 N–H and O–H groups in total. The van der Waals surface area contributed by atoms with Gasteiger partial charge >= 0.3 is 0 Å². The molecule has 2 aromatic rings. The quantitative estimate of drug-likeness (QED) is 0.859. The van der Waals surface area contributed by atoms with E-state index in [1.807, 2.05) is 11.3 Å². The summed E-state index contributed by atoms with van der Waals surface area (Å²) < 4.78 is 0. The van der Waals surface area contributed by atoms with E-state index in [0.717, 1.165) is 13.1 Å². The Hall–Kier alpha value is -1.12. The average Bonchev–Trinajstić information content (AvgIpc) is 2.70. The van der Waals surface area contributed by atoms with Gasteiger partial charge in [0.2, 0.25) is 0 Å². The lowest BCUT2D eigenvalue weighted by Gasteiger charge is -2.06. The minimum Gasteiger partial charge on any atom is -0.308 e. The summed E-state index contributed by atoms with van der Waals surface area (Å²) in [7, 11) is 0. The Morgan fingerprint density at radius 1 is 0.941 bits per heavy atom.